The van der Waals surface area contributed by atoms with Crippen molar-refractivity contribution in [2.45, 2.75) is 51.3 Å². The quantitative estimate of drug-likeness (QED) is 0.365. The van der Waals surface area contributed by atoms with Gasteiger partial charge in [0, 0.05) is 0 Å². The zero-order valence-corrected chi connectivity index (χ0v) is 23.8. The molecule has 3 aromatic carbocycles. The SMILES string of the molecule is Cc1ccc(P(c2cc(S(=O)(=O)[O-])c(C)cc2C)c2cc(S(=O)(=O)[O-])c(C)cc2C)c(C)c1.[NH4+].[NH4+]. The number of benzene rings is 3. The molecule has 3 rings (SSSR count). The normalized spacial score (nSPS) is 11.7. The lowest BCUT2D eigenvalue weighted by Crippen LogP contribution is -2.27. The molecule has 0 bridgehead atoms. The number of hydrogen-bond acceptors (Lipinski definition) is 6. The van der Waals surface area contributed by atoms with Crippen LogP contribution in [0.3, 0.4) is 0 Å². The molecule has 8 N–H and O–H groups in total. The minimum absolute atomic E-state index is 0. The molecule has 11 heteroatoms. The highest BCUT2D eigenvalue weighted by Crippen LogP contribution is 2.39. The Hall–Kier alpha value is -2.17. The molecule has 0 radical (unpaired) electrons. The van der Waals surface area contributed by atoms with Crippen LogP contribution in [-0.4, -0.2) is 25.9 Å². The van der Waals surface area contributed by atoms with E-state index in [0.29, 0.717) is 21.7 Å². The molecular weight excluding hydrogens is 507 g/mol. The predicted molar refractivity (Wildman–Crippen MR) is 141 cm³/mol. The molecule has 0 heterocycles. The van der Waals surface area contributed by atoms with Crippen LogP contribution in [0, 0.1) is 41.5 Å². The van der Waals surface area contributed by atoms with E-state index in [4.69, 9.17) is 0 Å². The van der Waals surface area contributed by atoms with Crippen LogP contribution >= 0.6 is 7.92 Å². The Kier molecular flexibility index (Phi) is 9.56. The monoisotopic (exact) mass is 540 g/mol. The van der Waals surface area contributed by atoms with E-state index in [2.05, 4.69) is 0 Å². The summed E-state index contributed by atoms with van der Waals surface area (Å²) < 4.78 is 71.7. The van der Waals surface area contributed by atoms with E-state index < -0.39 is 28.2 Å². The Labute approximate surface area is 209 Å². The van der Waals surface area contributed by atoms with Crippen molar-refractivity contribution in [1.82, 2.24) is 12.3 Å². The van der Waals surface area contributed by atoms with Gasteiger partial charge >= 0.3 is 0 Å². The summed E-state index contributed by atoms with van der Waals surface area (Å²) in [6.07, 6.45) is 0. The number of rotatable bonds is 5. The van der Waals surface area contributed by atoms with Gasteiger partial charge in [-0.1, -0.05) is 35.9 Å². The van der Waals surface area contributed by atoms with E-state index in [0.717, 1.165) is 27.6 Å². The first kappa shape index (κ1) is 30.9. The molecule has 0 aliphatic heterocycles. The summed E-state index contributed by atoms with van der Waals surface area (Å²) in [4.78, 5) is -0.608. The average Bonchev–Trinajstić information content (AvgIpc) is 2.64. The van der Waals surface area contributed by atoms with Gasteiger partial charge in [0.15, 0.2) is 0 Å². The molecule has 0 aliphatic rings. The second-order valence-corrected chi connectivity index (χ2v) is 13.2. The Morgan fingerprint density at radius 3 is 1.26 bits per heavy atom. The summed E-state index contributed by atoms with van der Waals surface area (Å²) in [5, 5.41) is 2.13. The molecule has 0 fully saturated rings. The van der Waals surface area contributed by atoms with E-state index in [1.165, 1.54) is 12.1 Å². The largest absolute Gasteiger partial charge is 0.744 e. The van der Waals surface area contributed by atoms with Gasteiger partial charge in [0.05, 0.1) is 9.79 Å². The lowest BCUT2D eigenvalue weighted by Gasteiger charge is -2.27. The molecule has 192 valence electrons. The van der Waals surface area contributed by atoms with Crippen LogP contribution in [0.25, 0.3) is 0 Å². The highest BCUT2D eigenvalue weighted by molar-refractivity contribution is 7.86. The molecule has 0 unspecified atom stereocenters. The summed E-state index contributed by atoms with van der Waals surface area (Å²) >= 11 is 0. The highest BCUT2D eigenvalue weighted by atomic mass is 32.2. The maximum absolute atomic E-state index is 12.0. The van der Waals surface area contributed by atoms with Crippen LogP contribution in [0.4, 0.5) is 0 Å². The van der Waals surface area contributed by atoms with Crippen LogP contribution in [0.1, 0.15) is 33.4 Å². The first-order valence-electron chi connectivity index (χ1n) is 10.1. The van der Waals surface area contributed by atoms with Gasteiger partial charge in [0.1, 0.15) is 20.2 Å². The minimum Gasteiger partial charge on any atom is -0.744 e. The third-order valence-corrected chi connectivity index (χ3v) is 10.5. The van der Waals surface area contributed by atoms with E-state index in [1.54, 1.807) is 26.0 Å². The Morgan fingerprint density at radius 1 is 0.543 bits per heavy atom. The third-order valence-electron chi connectivity index (χ3n) is 5.60. The summed E-state index contributed by atoms with van der Waals surface area (Å²) in [6, 6.07) is 12.0. The van der Waals surface area contributed by atoms with Gasteiger partial charge in [-0.05, 0) is 105 Å². The van der Waals surface area contributed by atoms with Crippen LogP contribution in [-0.2, 0) is 20.2 Å². The fraction of sp³-hybridized carbons (Fsp3) is 0.250. The fourth-order valence-corrected chi connectivity index (χ4v) is 8.49. The molecule has 0 atom stereocenters. The average molecular weight is 541 g/mol. The summed E-state index contributed by atoms with van der Waals surface area (Å²) in [5.74, 6) is 0. The van der Waals surface area contributed by atoms with Gasteiger partial charge in [0.25, 0.3) is 0 Å². The number of hydrogen-bond donors (Lipinski definition) is 2. The van der Waals surface area contributed by atoms with Crippen molar-refractivity contribution in [2.75, 3.05) is 0 Å². The lowest BCUT2D eigenvalue weighted by molar-refractivity contribution is 0.460. The van der Waals surface area contributed by atoms with E-state index in [-0.39, 0.29) is 22.1 Å². The number of quaternary nitrogens is 2. The molecule has 0 aromatic heterocycles. The molecular formula is C24H33N2O6PS2. The van der Waals surface area contributed by atoms with Crippen LogP contribution < -0.4 is 28.2 Å². The summed E-state index contributed by atoms with van der Waals surface area (Å²) in [6.45, 7) is 10.7. The molecule has 0 amide bonds. The van der Waals surface area contributed by atoms with Gasteiger partial charge < -0.3 is 21.4 Å². The van der Waals surface area contributed by atoms with Crippen molar-refractivity contribution in [3.63, 3.8) is 0 Å². The van der Waals surface area contributed by atoms with Crippen LogP contribution in [0.2, 0.25) is 0 Å². The maximum atomic E-state index is 12.0. The fourth-order valence-electron chi connectivity index (χ4n) is 4.11. The smallest absolute Gasteiger partial charge is 0.124 e. The zero-order chi connectivity index (χ0) is 24.9. The molecule has 0 saturated heterocycles. The van der Waals surface area contributed by atoms with Gasteiger partial charge in [-0.15, -0.1) is 0 Å². The van der Waals surface area contributed by atoms with Crippen molar-refractivity contribution in [1.29, 1.82) is 0 Å². The van der Waals surface area contributed by atoms with Crippen molar-refractivity contribution in [2.24, 2.45) is 0 Å². The lowest BCUT2D eigenvalue weighted by atomic mass is 10.1. The van der Waals surface area contributed by atoms with E-state index in [9.17, 15) is 25.9 Å². The van der Waals surface area contributed by atoms with Gasteiger partial charge in [-0.2, -0.15) is 0 Å². The molecule has 35 heavy (non-hydrogen) atoms. The Morgan fingerprint density at radius 2 is 0.914 bits per heavy atom. The second kappa shape index (κ2) is 10.8. The highest BCUT2D eigenvalue weighted by Gasteiger charge is 2.25. The maximum Gasteiger partial charge on any atom is 0.124 e. The molecule has 0 spiro atoms. The third kappa shape index (κ3) is 6.34. The van der Waals surface area contributed by atoms with Gasteiger partial charge in [0.2, 0.25) is 0 Å². The standard InChI is InChI=1S/C24H27O6PS2.2H3N/c1-14-7-8-20(15(2)9-14)31(21-12-23(32(25,26)27)18(5)10-16(21)3)22-13-24(33(28,29)30)19(6)11-17(22)4;;/h7-13H,1-6H3,(H,25,26,27)(H,28,29,30);2*1H3. The minimum atomic E-state index is -4.72. The zero-order valence-electron chi connectivity index (χ0n) is 21.3. The Balaban J connectivity index is 0.00000306. The molecule has 8 nitrogen and oxygen atoms in total. The van der Waals surface area contributed by atoms with Gasteiger partial charge in [-0.25, -0.2) is 16.8 Å². The second-order valence-electron chi connectivity index (χ2n) is 8.34. The summed E-state index contributed by atoms with van der Waals surface area (Å²) in [5.41, 5.74) is 4.24. The van der Waals surface area contributed by atoms with Crippen molar-refractivity contribution >= 4 is 44.1 Å². The van der Waals surface area contributed by atoms with Crippen LogP contribution in [0.5, 0.6) is 0 Å². The topological polar surface area (TPSA) is 187 Å². The van der Waals surface area contributed by atoms with Crippen LogP contribution in [0.15, 0.2) is 52.3 Å². The number of aryl methyl sites for hydroxylation is 6. The summed E-state index contributed by atoms with van der Waals surface area (Å²) in [7, 11) is -10.9. The van der Waals surface area contributed by atoms with E-state index in [1.807, 2.05) is 45.9 Å². The first-order valence-corrected chi connectivity index (χ1v) is 14.3. The van der Waals surface area contributed by atoms with Crippen molar-refractivity contribution < 1.29 is 25.9 Å². The first-order chi connectivity index (χ1) is 15.1. The van der Waals surface area contributed by atoms with Gasteiger partial charge in [-0.3, -0.25) is 0 Å². The molecule has 0 saturated carbocycles. The van der Waals surface area contributed by atoms with Crippen molar-refractivity contribution in [3.8, 4) is 0 Å². The van der Waals surface area contributed by atoms with Crippen molar-refractivity contribution in [3.05, 3.63) is 75.8 Å². The molecule has 3 aromatic rings. The molecule has 0 aliphatic carbocycles. The predicted octanol–water partition coefficient (Wildman–Crippen LogP) is 3.86. The Bertz CT molecular complexity index is 1400. The van der Waals surface area contributed by atoms with E-state index >= 15 is 0 Å².